The van der Waals surface area contributed by atoms with Gasteiger partial charge in [-0.2, -0.15) is 5.26 Å². The minimum Gasteiger partial charge on any atom is -0.490 e. The third-order valence-electron chi connectivity index (χ3n) is 4.28. The molecule has 23 heavy (non-hydrogen) atoms. The zero-order valence-corrected chi connectivity index (χ0v) is 13.1. The molecule has 1 aliphatic rings. The summed E-state index contributed by atoms with van der Waals surface area (Å²) in [5, 5.41) is 9.40. The Labute approximate surface area is 143 Å². The number of halogens is 1. The van der Waals surface area contributed by atoms with Crippen LogP contribution < -0.4 is 4.74 Å². The second-order valence-corrected chi connectivity index (χ2v) is 6.12. The topological polar surface area (TPSA) is 33.0 Å². The summed E-state index contributed by atoms with van der Waals surface area (Å²) in [6.45, 7) is 0. The molecule has 0 amide bonds. The molecule has 120 valence electrons. The van der Waals surface area contributed by atoms with Gasteiger partial charge in [0.15, 0.2) is 0 Å². The lowest BCUT2D eigenvalue weighted by molar-refractivity contribution is 0.130. The summed E-state index contributed by atoms with van der Waals surface area (Å²) >= 11 is 6.10. The van der Waals surface area contributed by atoms with Gasteiger partial charge in [-0.3, -0.25) is 0 Å². The molecule has 0 radical (unpaired) electrons. The van der Waals surface area contributed by atoms with Crippen molar-refractivity contribution in [1.82, 2.24) is 0 Å². The van der Waals surface area contributed by atoms with E-state index in [0.29, 0.717) is 16.5 Å². The van der Waals surface area contributed by atoms with E-state index in [9.17, 15) is 0 Å². The molecule has 0 heterocycles. The van der Waals surface area contributed by atoms with Crippen LogP contribution in [0.5, 0.6) is 5.75 Å². The lowest BCUT2D eigenvalue weighted by Crippen LogP contribution is -2.28. The van der Waals surface area contributed by atoms with Gasteiger partial charge in [0.2, 0.25) is 0 Å². The van der Waals surface area contributed by atoms with E-state index >= 15 is 0 Å². The number of nitrogens with zero attached hydrogens (tertiary/aromatic N) is 1. The monoisotopic (exact) mass is 327 g/mol. The summed E-state index contributed by atoms with van der Waals surface area (Å²) in [5.74, 6) is 1.17. The molecule has 1 saturated carbocycles. The Morgan fingerprint density at radius 2 is 1.78 bits per heavy atom. The van der Waals surface area contributed by atoms with E-state index in [1.54, 1.807) is 12.1 Å². The normalized spacial score (nSPS) is 20.2. The molecule has 1 fully saturated rings. The van der Waals surface area contributed by atoms with Crippen molar-refractivity contribution in [3.63, 3.8) is 0 Å². The smallest absolute Gasteiger partial charge is 0.121 e. The van der Waals surface area contributed by atoms with Crippen LogP contribution in [0.4, 0.5) is 0 Å². The molecule has 2 aromatic carbocycles. The van der Waals surface area contributed by atoms with E-state index in [4.69, 9.17) is 21.6 Å². The lowest BCUT2D eigenvalue weighted by atomic mass is 9.81. The molecule has 0 spiro atoms. The van der Waals surface area contributed by atoms with E-state index in [1.165, 1.54) is 18.4 Å². The molecule has 2 nitrogen and oxygen atoms in total. The maximum atomic E-state index is 8.95. The zero-order chi connectivity index (χ0) is 15.4. The molecule has 0 unspecified atom stereocenters. The first-order valence-electron chi connectivity index (χ1n) is 7.69. The molecule has 0 bridgehead atoms. The Morgan fingerprint density at radius 1 is 1.04 bits per heavy atom. The van der Waals surface area contributed by atoms with Crippen LogP contribution in [0.25, 0.3) is 0 Å². The average molecular weight is 328 g/mol. The Kier molecular flexibility index (Phi) is 6.07. The summed E-state index contributed by atoms with van der Waals surface area (Å²) in [5.41, 5.74) is 1.82. The van der Waals surface area contributed by atoms with Crippen LogP contribution in [0.3, 0.4) is 0 Å². The van der Waals surface area contributed by atoms with Crippen LogP contribution in [-0.2, 0) is 0 Å². The van der Waals surface area contributed by atoms with Gasteiger partial charge in [0, 0.05) is 12.0 Å². The molecule has 2 atom stereocenters. The molecule has 2 aromatic rings. The Hall–Kier alpha value is -1.98. The second kappa shape index (κ2) is 8.04. The van der Waals surface area contributed by atoms with Gasteiger partial charge in [-0.1, -0.05) is 55.8 Å². The lowest BCUT2D eigenvalue weighted by Gasteiger charge is -2.32. The van der Waals surface area contributed by atoms with E-state index in [1.807, 2.05) is 12.1 Å². The first kappa shape index (κ1) is 17.4. The van der Waals surface area contributed by atoms with Gasteiger partial charge in [0.1, 0.15) is 17.9 Å². The minimum absolute atomic E-state index is 0. The maximum absolute atomic E-state index is 8.95. The summed E-state index contributed by atoms with van der Waals surface area (Å²) in [7, 11) is 0. The highest BCUT2D eigenvalue weighted by Crippen LogP contribution is 2.36. The summed E-state index contributed by atoms with van der Waals surface area (Å²) in [6, 6.07) is 17.9. The molecule has 3 rings (SSSR count). The highest BCUT2D eigenvalue weighted by atomic mass is 35.5. The number of rotatable bonds is 3. The molecular weight excluding hydrogens is 306 g/mol. The van der Waals surface area contributed by atoms with Crippen molar-refractivity contribution in [2.24, 2.45) is 0 Å². The van der Waals surface area contributed by atoms with Crippen molar-refractivity contribution < 1.29 is 4.74 Å². The predicted molar refractivity (Wildman–Crippen MR) is 95.0 cm³/mol. The minimum atomic E-state index is 0. The van der Waals surface area contributed by atoms with Crippen LogP contribution in [0.15, 0.2) is 48.5 Å². The first-order valence-corrected chi connectivity index (χ1v) is 8.07. The third kappa shape index (κ3) is 4.06. The summed E-state index contributed by atoms with van der Waals surface area (Å²) in [6.07, 6.45) is 4.81. The van der Waals surface area contributed by atoms with Crippen molar-refractivity contribution in [1.29, 1.82) is 5.26 Å². The van der Waals surface area contributed by atoms with Crippen LogP contribution in [0.2, 0.25) is 5.02 Å². The SMILES string of the molecule is C.N#Cc1ccc(O[C@@H]2CCCC[C@H]2c2ccccc2)cc1Cl. The second-order valence-electron chi connectivity index (χ2n) is 5.71. The van der Waals surface area contributed by atoms with Gasteiger partial charge in [0.05, 0.1) is 10.6 Å². The molecule has 0 aliphatic heterocycles. The number of ether oxygens (including phenoxy) is 1. The van der Waals surface area contributed by atoms with Crippen molar-refractivity contribution >= 4 is 11.6 Å². The van der Waals surface area contributed by atoms with Gasteiger partial charge in [-0.15, -0.1) is 0 Å². The first-order chi connectivity index (χ1) is 10.8. The van der Waals surface area contributed by atoms with Crippen LogP contribution >= 0.6 is 11.6 Å². The predicted octanol–water partition coefficient (Wildman–Crippen LogP) is 5.95. The van der Waals surface area contributed by atoms with Crippen molar-refractivity contribution in [3.05, 3.63) is 64.7 Å². The summed E-state index contributed by atoms with van der Waals surface area (Å²) in [4.78, 5) is 0. The Morgan fingerprint density at radius 3 is 2.48 bits per heavy atom. The van der Waals surface area contributed by atoms with Crippen molar-refractivity contribution in [2.75, 3.05) is 0 Å². The van der Waals surface area contributed by atoms with Gasteiger partial charge in [-0.25, -0.2) is 0 Å². The number of hydrogen-bond acceptors (Lipinski definition) is 2. The molecule has 0 N–H and O–H groups in total. The van der Waals surface area contributed by atoms with Gasteiger partial charge >= 0.3 is 0 Å². The van der Waals surface area contributed by atoms with Crippen molar-refractivity contribution in [3.8, 4) is 11.8 Å². The quantitative estimate of drug-likeness (QED) is 0.697. The Bertz CT molecular complexity index is 678. The fourth-order valence-corrected chi connectivity index (χ4v) is 3.37. The van der Waals surface area contributed by atoms with E-state index < -0.39 is 0 Å². The number of nitriles is 1. The maximum Gasteiger partial charge on any atom is 0.121 e. The van der Waals surface area contributed by atoms with E-state index in [2.05, 4.69) is 30.3 Å². The molecule has 0 aromatic heterocycles. The fraction of sp³-hybridized carbons (Fsp3) is 0.350. The van der Waals surface area contributed by atoms with E-state index in [0.717, 1.165) is 18.6 Å². The number of benzene rings is 2. The van der Waals surface area contributed by atoms with Crippen LogP contribution in [0, 0.1) is 11.3 Å². The molecule has 1 aliphatic carbocycles. The van der Waals surface area contributed by atoms with Crippen LogP contribution in [0.1, 0.15) is 50.2 Å². The summed E-state index contributed by atoms with van der Waals surface area (Å²) < 4.78 is 6.21. The van der Waals surface area contributed by atoms with E-state index in [-0.39, 0.29) is 13.5 Å². The highest BCUT2D eigenvalue weighted by molar-refractivity contribution is 6.31. The van der Waals surface area contributed by atoms with Gasteiger partial charge < -0.3 is 4.74 Å². The largest absolute Gasteiger partial charge is 0.490 e. The molecular formula is C20H22ClNO. The standard InChI is InChI=1S/C19H18ClNO.CH4/c20-18-12-16(11-10-15(18)13-21)22-19-9-5-4-8-17(19)14-6-2-1-3-7-14;/h1-3,6-7,10-12,17,19H,4-5,8-9H2;1H4/t17-,19+;/m0./s1. The van der Waals surface area contributed by atoms with Gasteiger partial charge in [0.25, 0.3) is 0 Å². The van der Waals surface area contributed by atoms with Gasteiger partial charge in [-0.05, 0) is 37.0 Å². The molecule has 3 heteroatoms. The highest BCUT2D eigenvalue weighted by Gasteiger charge is 2.28. The average Bonchev–Trinajstić information content (AvgIpc) is 2.56. The third-order valence-corrected chi connectivity index (χ3v) is 4.59. The van der Waals surface area contributed by atoms with Crippen molar-refractivity contribution in [2.45, 2.75) is 45.1 Å². The Balaban J connectivity index is 0.00000192. The number of hydrogen-bond donors (Lipinski definition) is 0. The zero-order valence-electron chi connectivity index (χ0n) is 12.3. The fourth-order valence-electron chi connectivity index (χ4n) is 3.15. The molecule has 0 saturated heterocycles. The van der Waals surface area contributed by atoms with Crippen LogP contribution in [-0.4, -0.2) is 6.10 Å².